The number of anilines is 1. The molecule has 33 heavy (non-hydrogen) atoms. The van der Waals surface area contributed by atoms with E-state index in [9.17, 15) is 9.18 Å². The van der Waals surface area contributed by atoms with Crippen LogP contribution in [0.5, 0.6) is 5.75 Å². The van der Waals surface area contributed by atoms with E-state index in [-0.39, 0.29) is 11.7 Å². The molecule has 1 N–H and O–H groups in total. The third-order valence-corrected chi connectivity index (χ3v) is 6.48. The Morgan fingerprint density at radius 1 is 1.09 bits per heavy atom. The molecule has 5 nitrogen and oxygen atoms in total. The molecular formula is C26H27BrFN3O2. The number of pyridine rings is 1. The second-order valence-corrected chi connectivity index (χ2v) is 9.13. The van der Waals surface area contributed by atoms with Gasteiger partial charge in [-0.15, -0.1) is 0 Å². The highest BCUT2D eigenvalue weighted by Crippen LogP contribution is 2.23. The van der Waals surface area contributed by atoms with Crippen LogP contribution in [-0.2, 0) is 6.42 Å². The molecule has 1 amide bonds. The van der Waals surface area contributed by atoms with Gasteiger partial charge >= 0.3 is 0 Å². The molecular weight excluding hydrogens is 485 g/mol. The number of hydrogen-bond acceptors (Lipinski definition) is 4. The molecule has 1 aliphatic rings. The van der Waals surface area contributed by atoms with Gasteiger partial charge in [0.1, 0.15) is 0 Å². The Labute approximate surface area is 202 Å². The lowest BCUT2D eigenvalue weighted by atomic mass is 9.96. The first-order valence-electron chi connectivity index (χ1n) is 11.2. The first-order chi connectivity index (χ1) is 16.1. The van der Waals surface area contributed by atoms with Crippen LogP contribution in [-0.4, -0.2) is 37.1 Å². The summed E-state index contributed by atoms with van der Waals surface area (Å²) in [5, 5.41) is 3.01. The fraction of sp³-hybridized carbons (Fsp3) is 0.308. The quantitative estimate of drug-likeness (QED) is 0.448. The average Bonchev–Trinajstić information content (AvgIpc) is 2.86. The van der Waals surface area contributed by atoms with Crippen LogP contribution in [0, 0.1) is 11.7 Å². The second-order valence-electron chi connectivity index (χ2n) is 8.22. The number of aromatic nitrogens is 1. The number of ether oxygens (including phenoxy) is 1. The van der Waals surface area contributed by atoms with Crippen LogP contribution in [0.1, 0.15) is 28.8 Å². The Morgan fingerprint density at radius 3 is 2.55 bits per heavy atom. The van der Waals surface area contributed by atoms with Crippen molar-refractivity contribution in [1.29, 1.82) is 0 Å². The van der Waals surface area contributed by atoms with E-state index in [1.807, 2.05) is 48.8 Å². The highest BCUT2D eigenvalue weighted by molar-refractivity contribution is 9.10. The number of amides is 1. The number of halogens is 2. The van der Waals surface area contributed by atoms with Gasteiger partial charge in [0.05, 0.1) is 6.61 Å². The SMILES string of the molecule is O=C(NCC1CCN(c2ccncc2)CC1)c1ccc(F)c(OCCc2ccc(Br)cc2)c1. The first kappa shape index (κ1) is 23.2. The maximum absolute atomic E-state index is 14.2. The molecule has 172 valence electrons. The largest absolute Gasteiger partial charge is 0.490 e. The van der Waals surface area contributed by atoms with Crippen molar-refractivity contribution in [3.8, 4) is 5.75 Å². The summed E-state index contributed by atoms with van der Waals surface area (Å²) in [5.74, 6) is -0.144. The molecule has 0 unspecified atom stereocenters. The van der Waals surface area contributed by atoms with Crippen LogP contribution in [0.15, 0.2) is 71.5 Å². The van der Waals surface area contributed by atoms with Crippen molar-refractivity contribution in [2.45, 2.75) is 19.3 Å². The third-order valence-electron chi connectivity index (χ3n) is 5.95. The van der Waals surface area contributed by atoms with Gasteiger partial charge in [-0.2, -0.15) is 0 Å². The number of piperidine rings is 1. The molecule has 4 rings (SSSR count). The Kier molecular flexibility index (Phi) is 7.94. The maximum atomic E-state index is 14.2. The van der Waals surface area contributed by atoms with E-state index in [1.54, 1.807) is 0 Å². The van der Waals surface area contributed by atoms with Gasteiger partial charge in [-0.05, 0) is 66.8 Å². The lowest BCUT2D eigenvalue weighted by molar-refractivity contribution is 0.0944. The van der Waals surface area contributed by atoms with Crippen LogP contribution in [0.2, 0.25) is 0 Å². The molecule has 2 heterocycles. The second kappa shape index (κ2) is 11.3. The van der Waals surface area contributed by atoms with E-state index < -0.39 is 5.82 Å². The van der Waals surface area contributed by atoms with E-state index in [1.165, 1.54) is 23.9 Å². The van der Waals surface area contributed by atoms with Crippen molar-refractivity contribution < 1.29 is 13.9 Å². The number of nitrogens with one attached hydrogen (secondary N) is 1. The predicted molar refractivity (Wildman–Crippen MR) is 131 cm³/mol. The molecule has 7 heteroatoms. The number of benzene rings is 2. The summed E-state index contributed by atoms with van der Waals surface area (Å²) < 4.78 is 20.8. The average molecular weight is 512 g/mol. The van der Waals surface area contributed by atoms with Crippen molar-refractivity contribution in [1.82, 2.24) is 10.3 Å². The Balaban J connectivity index is 1.25. The molecule has 0 bridgehead atoms. The minimum Gasteiger partial charge on any atom is -0.490 e. The van der Waals surface area contributed by atoms with Gasteiger partial charge in [-0.3, -0.25) is 9.78 Å². The summed E-state index contributed by atoms with van der Waals surface area (Å²) in [5.41, 5.74) is 2.69. The van der Waals surface area contributed by atoms with E-state index in [2.05, 4.69) is 31.1 Å². The normalized spacial score (nSPS) is 14.2. The van der Waals surface area contributed by atoms with Crippen LogP contribution in [0.4, 0.5) is 10.1 Å². The molecule has 0 aliphatic carbocycles. The van der Waals surface area contributed by atoms with E-state index in [0.29, 0.717) is 31.1 Å². The molecule has 0 spiro atoms. The maximum Gasteiger partial charge on any atom is 0.251 e. The summed E-state index contributed by atoms with van der Waals surface area (Å²) in [6, 6.07) is 16.2. The fourth-order valence-corrected chi connectivity index (χ4v) is 4.24. The summed E-state index contributed by atoms with van der Waals surface area (Å²) in [4.78, 5) is 19.1. The minimum absolute atomic E-state index is 0.102. The zero-order valence-corrected chi connectivity index (χ0v) is 19.9. The number of hydrogen-bond donors (Lipinski definition) is 1. The van der Waals surface area contributed by atoms with Crippen molar-refractivity contribution in [2.24, 2.45) is 5.92 Å². The number of carbonyl (C=O) groups excluding carboxylic acids is 1. The fourth-order valence-electron chi connectivity index (χ4n) is 3.97. The van der Waals surface area contributed by atoms with Gasteiger partial charge in [0.2, 0.25) is 0 Å². The van der Waals surface area contributed by atoms with Crippen LogP contribution >= 0.6 is 15.9 Å². The van der Waals surface area contributed by atoms with E-state index >= 15 is 0 Å². The van der Waals surface area contributed by atoms with Crippen molar-refractivity contribution >= 4 is 27.5 Å². The minimum atomic E-state index is -0.467. The van der Waals surface area contributed by atoms with Crippen molar-refractivity contribution in [3.63, 3.8) is 0 Å². The molecule has 2 aromatic carbocycles. The van der Waals surface area contributed by atoms with Gasteiger partial charge < -0.3 is 15.0 Å². The molecule has 1 aliphatic heterocycles. The van der Waals surface area contributed by atoms with Gasteiger partial charge in [-0.25, -0.2) is 4.39 Å². The van der Waals surface area contributed by atoms with E-state index in [0.717, 1.165) is 36.0 Å². The zero-order valence-electron chi connectivity index (χ0n) is 18.3. The standard InChI is InChI=1S/C26H27BrFN3O2/c27-22-4-1-19(2-5-22)11-16-33-25-17-21(3-6-24(25)28)26(32)30-18-20-9-14-31(15-10-20)23-7-12-29-13-8-23/h1-8,12-13,17,20H,9-11,14-16,18H2,(H,30,32). The molecule has 1 saturated heterocycles. The molecule has 0 radical (unpaired) electrons. The highest BCUT2D eigenvalue weighted by Gasteiger charge is 2.20. The third kappa shape index (κ3) is 6.54. The van der Waals surface area contributed by atoms with Crippen molar-refractivity contribution in [3.05, 3.63) is 88.4 Å². The lowest BCUT2D eigenvalue weighted by Crippen LogP contribution is -2.38. The number of nitrogens with zero attached hydrogens (tertiary/aromatic N) is 2. The molecule has 1 aromatic heterocycles. The van der Waals surface area contributed by atoms with Crippen molar-refractivity contribution in [2.75, 3.05) is 31.1 Å². The monoisotopic (exact) mass is 511 g/mol. The zero-order chi connectivity index (χ0) is 23.0. The Morgan fingerprint density at radius 2 is 1.82 bits per heavy atom. The molecule has 0 atom stereocenters. The van der Waals surface area contributed by atoms with Crippen LogP contribution in [0.25, 0.3) is 0 Å². The summed E-state index contributed by atoms with van der Waals surface area (Å²) in [6.07, 6.45) is 6.29. The van der Waals surface area contributed by atoms with Crippen LogP contribution in [0.3, 0.4) is 0 Å². The highest BCUT2D eigenvalue weighted by atomic mass is 79.9. The van der Waals surface area contributed by atoms with Gasteiger partial charge in [0.25, 0.3) is 5.91 Å². The first-order valence-corrected chi connectivity index (χ1v) is 12.0. The van der Waals surface area contributed by atoms with Gasteiger partial charge in [0, 0.05) is 54.2 Å². The van der Waals surface area contributed by atoms with Gasteiger partial charge in [-0.1, -0.05) is 28.1 Å². The molecule has 1 fully saturated rings. The predicted octanol–water partition coefficient (Wildman–Crippen LogP) is 5.25. The van der Waals surface area contributed by atoms with Crippen LogP contribution < -0.4 is 15.0 Å². The smallest absolute Gasteiger partial charge is 0.251 e. The summed E-state index contributed by atoms with van der Waals surface area (Å²) >= 11 is 3.41. The Bertz CT molecular complexity index is 1050. The lowest BCUT2D eigenvalue weighted by Gasteiger charge is -2.33. The van der Waals surface area contributed by atoms with Gasteiger partial charge in [0.15, 0.2) is 11.6 Å². The Hall–Kier alpha value is -2.93. The summed E-state index contributed by atoms with van der Waals surface area (Å²) in [7, 11) is 0. The number of carbonyl (C=O) groups is 1. The topological polar surface area (TPSA) is 54.5 Å². The molecule has 0 saturated carbocycles. The summed E-state index contributed by atoms with van der Waals surface area (Å²) in [6.45, 7) is 2.86. The number of rotatable bonds is 8. The molecule has 3 aromatic rings. The van der Waals surface area contributed by atoms with E-state index in [4.69, 9.17) is 4.74 Å².